The molecule has 0 amide bonds. The van der Waals surface area contributed by atoms with Crippen molar-refractivity contribution in [1.82, 2.24) is 0 Å². The highest BCUT2D eigenvalue weighted by Gasteiger charge is 2.06. The van der Waals surface area contributed by atoms with Crippen molar-refractivity contribution >= 4 is 12.0 Å². The number of phenolic OH excluding ortho intramolecular Hbond substituents is 1. The number of aromatic hydroxyl groups is 1. The fourth-order valence-corrected chi connectivity index (χ4v) is 2.15. The molecule has 120 valence electrons. The van der Waals surface area contributed by atoms with E-state index < -0.39 is 5.97 Å². The van der Waals surface area contributed by atoms with E-state index in [9.17, 15) is 9.90 Å². The van der Waals surface area contributed by atoms with Crippen LogP contribution in [-0.4, -0.2) is 24.8 Å². The average molecular weight is 312 g/mol. The van der Waals surface area contributed by atoms with Crippen LogP contribution in [0.5, 0.6) is 11.5 Å². The van der Waals surface area contributed by atoms with Crippen LogP contribution in [0.1, 0.15) is 16.7 Å². The first-order valence-electron chi connectivity index (χ1n) is 7.36. The third-order valence-electron chi connectivity index (χ3n) is 3.40. The molecule has 0 atom stereocenters. The molecule has 2 aromatic carbocycles. The molecule has 0 saturated heterocycles. The van der Waals surface area contributed by atoms with Gasteiger partial charge >= 0.3 is 5.97 Å². The monoisotopic (exact) mass is 312 g/mol. The summed E-state index contributed by atoms with van der Waals surface area (Å²) in [6.07, 6.45) is 3.70. The van der Waals surface area contributed by atoms with E-state index in [-0.39, 0.29) is 5.75 Å². The molecule has 4 heteroatoms. The van der Waals surface area contributed by atoms with Crippen molar-refractivity contribution in [2.75, 3.05) is 13.7 Å². The number of phenols is 1. The molecule has 0 spiro atoms. The second-order valence-electron chi connectivity index (χ2n) is 5.13. The summed E-state index contributed by atoms with van der Waals surface area (Å²) >= 11 is 0. The first kappa shape index (κ1) is 16.6. The minimum Gasteiger partial charge on any atom is -0.504 e. The number of esters is 1. The lowest BCUT2D eigenvalue weighted by molar-refractivity contribution is -0.137. The van der Waals surface area contributed by atoms with Gasteiger partial charge in [-0.05, 0) is 41.8 Å². The minimum absolute atomic E-state index is 0.107. The number of benzene rings is 2. The van der Waals surface area contributed by atoms with E-state index in [1.165, 1.54) is 13.2 Å². The normalized spacial score (nSPS) is 10.7. The van der Waals surface area contributed by atoms with Gasteiger partial charge in [0, 0.05) is 12.5 Å². The second kappa shape index (κ2) is 8.03. The van der Waals surface area contributed by atoms with E-state index >= 15 is 0 Å². The third kappa shape index (κ3) is 4.88. The average Bonchev–Trinajstić information content (AvgIpc) is 2.56. The molecule has 0 unspecified atom stereocenters. The van der Waals surface area contributed by atoms with Crippen molar-refractivity contribution < 1.29 is 19.4 Å². The molecule has 0 bridgehead atoms. The van der Waals surface area contributed by atoms with Crippen LogP contribution in [0.4, 0.5) is 0 Å². The summed E-state index contributed by atoms with van der Waals surface area (Å²) in [6, 6.07) is 13.3. The Morgan fingerprint density at radius 3 is 2.65 bits per heavy atom. The van der Waals surface area contributed by atoms with Crippen LogP contribution >= 0.6 is 0 Å². The van der Waals surface area contributed by atoms with Gasteiger partial charge < -0.3 is 14.6 Å². The Morgan fingerprint density at radius 2 is 1.96 bits per heavy atom. The van der Waals surface area contributed by atoms with Gasteiger partial charge in [0.2, 0.25) is 0 Å². The lowest BCUT2D eigenvalue weighted by atomic mass is 10.1. The van der Waals surface area contributed by atoms with Crippen LogP contribution in [-0.2, 0) is 16.0 Å². The fraction of sp³-hybridized carbons (Fsp3) is 0.211. The van der Waals surface area contributed by atoms with Gasteiger partial charge in [0.25, 0.3) is 0 Å². The molecule has 0 aliphatic rings. The minimum atomic E-state index is -0.398. The van der Waals surface area contributed by atoms with Gasteiger partial charge in [-0.25, -0.2) is 4.79 Å². The van der Waals surface area contributed by atoms with Crippen LogP contribution in [0.25, 0.3) is 6.08 Å². The summed E-state index contributed by atoms with van der Waals surface area (Å²) in [5, 5.41) is 9.78. The molecule has 0 radical (unpaired) electrons. The molecular formula is C19H20O4. The van der Waals surface area contributed by atoms with Gasteiger partial charge in [0.05, 0.1) is 13.7 Å². The van der Waals surface area contributed by atoms with E-state index in [0.29, 0.717) is 24.3 Å². The number of hydrogen-bond acceptors (Lipinski definition) is 4. The van der Waals surface area contributed by atoms with Crippen LogP contribution < -0.4 is 4.74 Å². The Balaban J connectivity index is 1.90. The SMILES string of the molecule is COc1cc(/C=C/C(=O)OCCc2ccccc2)cc(C)c1O. The number of ether oxygens (including phenoxy) is 2. The molecular weight excluding hydrogens is 292 g/mol. The van der Waals surface area contributed by atoms with E-state index in [1.807, 2.05) is 30.3 Å². The van der Waals surface area contributed by atoms with Gasteiger partial charge in [0.1, 0.15) is 0 Å². The Kier molecular flexibility index (Phi) is 5.80. The maximum absolute atomic E-state index is 11.7. The van der Waals surface area contributed by atoms with Gasteiger partial charge in [-0.1, -0.05) is 30.3 Å². The van der Waals surface area contributed by atoms with Gasteiger partial charge in [-0.15, -0.1) is 0 Å². The highest BCUT2D eigenvalue weighted by Crippen LogP contribution is 2.31. The molecule has 1 N–H and O–H groups in total. The molecule has 4 nitrogen and oxygen atoms in total. The van der Waals surface area contributed by atoms with Crippen LogP contribution in [0.15, 0.2) is 48.5 Å². The lowest BCUT2D eigenvalue weighted by Crippen LogP contribution is -2.04. The highest BCUT2D eigenvalue weighted by molar-refractivity contribution is 5.87. The summed E-state index contributed by atoms with van der Waals surface area (Å²) in [5.41, 5.74) is 2.57. The van der Waals surface area contributed by atoms with Crippen molar-refractivity contribution in [2.24, 2.45) is 0 Å². The predicted octanol–water partition coefficient (Wildman–Crippen LogP) is 3.51. The summed E-state index contributed by atoms with van der Waals surface area (Å²) < 4.78 is 10.3. The number of methoxy groups -OCH3 is 1. The standard InChI is InChI=1S/C19H20O4/c1-14-12-16(13-17(22-2)19(14)21)8-9-18(20)23-11-10-15-6-4-3-5-7-15/h3-9,12-13,21H,10-11H2,1-2H3/b9-8+. The van der Waals surface area contributed by atoms with Crippen molar-refractivity contribution in [1.29, 1.82) is 0 Å². The number of carbonyl (C=O) groups excluding carboxylic acids is 1. The molecule has 0 saturated carbocycles. The van der Waals surface area contributed by atoms with E-state index in [4.69, 9.17) is 9.47 Å². The molecule has 0 aliphatic heterocycles. The third-order valence-corrected chi connectivity index (χ3v) is 3.40. The van der Waals surface area contributed by atoms with Gasteiger partial charge in [-0.2, -0.15) is 0 Å². The summed E-state index contributed by atoms with van der Waals surface area (Å²) in [7, 11) is 1.49. The first-order chi connectivity index (χ1) is 11.1. The maximum atomic E-state index is 11.7. The highest BCUT2D eigenvalue weighted by atomic mass is 16.5. The predicted molar refractivity (Wildman–Crippen MR) is 89.5 cm³/mol. The van der Waals surface area contributed by atoms with Crippen LogP contribution in [0, 0.1) is 6.92 Å². The quantitative estimate of drug-likeness (QED) is 0.655. The Labute approximate surface area is 136 Å². The molecule has 2 aromatic rings. The molecule has 0 aliphatic carbocycles. The summed E-state index contributed by atoms with van der Waals surface area (Å²) in [6.45, 7) is 2.11. The number of rotatable bonds is 6. The van der Waals surface area contributed by atoms with E-state index in [1.54, 1.807) is 25.1 Å². The Hall–Kier alpha value is -2.75. The van der Waals surface area contributed by atoms with E-state index in [2.05, 4.69) is 0 Å². The van der Waals surface area contributed by atoms with Crippen molar-refractivity contribution in [3.8, 4) is 11.5 Å². The smallest absolute Gasteiger partial charge is 0.330 e. The molecule has 0 heterocycles. The fourth-order valence-electron chi connectivity index (χ4n) is 2.15. The van der Waals surface area contributed by atoms with E-state index in [0.717, 1.165) is 11.1 Å². The molecule has 0 aromatic heterocycles. The van der Waals surface area contributed by atoms with Crippen LogP contribution in [0.3, 0.4) is 0 Å². The number of carbonyl (C=O) groups is 1. The first-order valence-corrected chi connectivity index (χ1v) is 7.36. The van der Waals surface area contributed by atoms with Gasteiger partial charge in [0.15, 0.2) is 11.5 Å². The summed E-state index contributed by atoms with van der Waals surface area (Å²) in [4.78, 5) is 11.7. The van der Waals surface area contributed by atoms with Crippen molar-refractivity contribution in [2.45, 2.75) is 13.3 Å². The van der Waals surface area contributed by atoms with Gasteiger partial charge in [-0.3, -0.25) is 0 Å². The maximum Gasteiger partial charge on any atom is 0.330 e. The van der Waals surface area contributed by atoms with Crippen molar-refractivity contribution in [3.05, 3.63) is 65.2 Å². The topological polar surface area (TPSA) is 55.8 Å². The number of hydrogen-bond donors (Lipinski definition) is 1. The lowest BCUT2D eigenvalue weighted by Gasteiger charge is -2.07. The summed E-state index contributed by atoms with van der Waals surface area (Å²) in [5.74, 6) is 0.0859. The molecule has 2 rings (SSSR count). The zero-order valence-electron chi connectivity index (χ0n) is 13.3. The van der Waals surface area contributed by atoms with Crippen molar-refractivity contribution in [3.63, 3.8) is 0 Å². The molecule has 23 heavy (non-hydrogen) atoms. The number of aryl methyl sites for hydroxylation is 1. The Morgan fingerprint density at radius 1 is 1.22 bits per heavy atom. The van der Waals surface area contributed by atoms with Crippen LogP contribution in [0.2, 0.25) is 0 Å². The largest absolute Gasteiger partial charge is 0.504 e. The Bertz CT molecular complexity index is 690. The second-order valence-corrected chi connectivity index (χ2v) is 5.13. The molecule has 0 fully saturated rings. The zero-order chi connectivity index (χ0) is 16.7. The zero-order valence-corrected chi connectivity index (χ0v) is 13.3.